The van der Waals surface area contributed by atoms with Crippen LogP contribution < -0.4 is 9.97 Å². The van der Waals surface area contributed by atoms with Gasteiger partial charge >= 0.3 is 0 Å². The van der Waals surface area contributed by atoms with Crippen molar-refractivity contribution in [3.63, 3.8) is 0 Å². The zero-order valence-corrected chi connectivity index (χ0v) is 12.6. The molecule has 0 aliphatic carbocycles. The topological polar surface area (TPSA) is 28.2 Å². The first-order chi connectivity index (χ1) is 11.4. The molecule has 0 radical (unpaired) electrons. The van der Waals surface area contributed by atoms with Crippen LogP contribution in [-0.2, 0) is 5.41 Å². The van der Waals surface area contributed by atoms with E-state index >= 15 is 0 Å². The minimum absolute atomic E-state index is 0.491. The third-order valence-electron chi connectivity index (χ3n) is 4.29. The summed E-state index contributed by atoms with van der Waals surface area (Å²) in [5, 5.41) is 0. The van der Waals surface area contributed by atoms with Crippen molar-refractivity contribution in [1.82, 2.24) is 9.97 Å². The van der Waals surface area contributed by atoms with E-state index in [0.29, 0.717) is 0 Å². The Bertz CT molecular complexity index is 769. The highest BCUT2D eigenvalue weighted by molar-refractivity contribution is 5.56. The van der Waals surface area contributed by atoms with Gasteiger partial charge in [0.25, 0.3) is 0 Å². The molecule has 0 spiro atoms. The smallest absolute Gasteiger partial charge is 0.0299 e. The van der Waals surface area contributed by atoms with Gasteiger partial charge in [-0.25, -0.2) is 0 Å². The van der Waals surface area contributed by atoms with Crippen LogP contribution in [0.4, 0.5) is 0 Å². The van der Waals surface area contributed by atoms with E-state index in [1.54, 1.807) is 0 Å². The van der Waals surface area contributed by atoms with Gasteiger partial charge in [0.2, 0.25) is 0 Å². The highest BCUT2D eigenvalue weighted by Crippen LogP contribution is 2.42. The van der Waals surface area contributed by atoms with Gasteiger partial charge in [0.05, 0.1) is 0 Å². The molecule has 2 aromatic heterocycles. The van der Waals surface area contributed by atoms with Gasteiger partial charge in [-0.3, -0.25) is 0 Å². The van der Waals surface area contributed by atoms with Crippen LogP contribution in [0, 0.1) is 0 Å². The zero-order valence-electron chi connectivity index (χ0n) is 12.6. The monoisotopic (exact) mass is 296 g/mol. The van der Waals surface area contributed by atoms with Crippen LogP contribution in [0.2, 0.25) is 0 Å². The first-order valence-electron chi connectivity index (χ1n) is 7.70. The van der Waals surface area contributed by atoms with Gasteiger partial charge in [-0.05, 0) is 11.1 Å². The van der Waals surface area contributed by atoms with E-state index in [4.69, 9.17) is 0 Å². The molecule has 0 atom stereocenters. The first-order valence-corrected chi connectivity index (χ1v) is 7.70. The first kappa shape index (κ1) is 13.6. The van der Waals surface area contributed by atoms with E-state index in [9.17, 15) is 0 Å². The predicted molar refractivity (Wildman–Crippen MR) is 91.4 cm³/mol. The summed E-state index contributed by atoms with van der Waals surface area (Å²) in [7, 11) is 0. The van der Waals surface area contributed by atoms with Gasteiger partial charge < -0.3 is 9.97 Å². The maximum atomic E-state index is 4.66. The van der Waals surface area contributed by atoms with Crippen molar-refractivity contribution in [2.45, 2.75) is 5.41 Å². The van der Waals surface area contributed by atoms with Crippen molar-refractivity contribution in [2.75, 3.05) is 0 Å². The van der Waals surface area contributed by atoms with E-state index in [1.165, 1.54) is 11.1 Å². The average molecular weight is 296 g/mol. The van der Waals surface area contributed by atoms with Crippen LogP contribution in [0.5, 0.6) is 0 Å². The average Bonchev–Trinajstić information content (AvgIpc) is 3.32. The van der Waals surface area contributed by atoms with Gasteiger partial charge in [0.1, 0.15) is 0 Å². The minimum atomic E-state index is -0.491. The van der Waals surface area contributed by atoms with E-state index in [1.807, 2.05) is 36.7 Å². The largest absolute Gasteiger partial charge is 0.666 e. The molecule has 4 aromatic rings. The van der Waals surface area contributed by atoms with Crippen LogP contribution in [0.1, 0.15) is 22.5 Å². The molecule has 23 heavy (non-hydrogen) atoms. The minimum Gasteiger partial charge on any atom is -0.666 e. The van der Waals surface area contributed by atoms with E-state index < -0.39 is 5.41 Å². The van der Waals surface area contributed by atoms with Gasteiger partial charge in [-0.15, -0.1) is 11.4 Å². The molecule has 0 amide bonds. The maximum absolute atomic E-state index is 4.66. The standard InChI is InChI=1S/C21H16N2/c1-3-9-17(10-4-1)21(19-13-7-15-22-19,20-14-8-16-23-20)18-11-5-2-6-12-18/h1-16H/q-2. The molecule has 2 heterocycles. The number of aromatic nitrogens is 2. The normalized spacial score (nSPS) is 11.5. The van der Waals surface area contributed by atoms with Crippen molar-refractivity contribution in [3.05, 3.63) is 120 Å². The number of benzene rings is 2. The predicted octanol–water partition coefficient (Wildman–Crippen LogP) is 3.98. The van der Waals surface area contributed by atoms with Gasteiger partial charge in [0.15, 0.2) is 0 Å². The molecular formula is C21H16N2-2. The second-order valence-electron chi connectivity index (χ2n) is 5.53. The fraction of sp³-hybridized carbons (Fsp3) is 0.0476. The Hall–Kier alpha value is -3.00. The molecule has 0 bridgehead atoms. The lowest BCUT2D eigenvalue weighted by Crippen LogP contribution is -2.32. The lowest BCUT2D eigenvalue weighted by Gasteiger charge is -2.43. The molecule has 112 valence electrons. The lowest BCUT2D eigenvalue weighted by atomic mass is 9.69. The number of nitrogens with zero attached hydrogens (tertiary/aromatic N) is 2. The number of hydrogen-bond donors (Lipinski definition) is 0. The summed E-state index contributed by atoms with van der Waals surface area (Å²) in [5.41, 5.74) is 3.84. The summed E-state index contributed by atoms with van der Waals surface area (Å²) in [6.07, 6.45) is 3.69. The van der Waals surface area contributed by atoms with Crippen LogP contribution in [0.15, 0.2) is 97.3 Å². The molecular weight excluding hydrogens is 280 g/mol. The lowest BCUT2D eigenvalue weighted by molar-refractivity contribution is 0.692. The van der Waals surface area contributed by atoms with E-state index in [2.05, 4.69) is 70.6 Å². The highest BCUT2D eigenvalue weighted by Gasteiger charge is 2.32. The number of hydrogen-bond acceptors (Lipinski definition) is 0. The Morgan fingerprint density at radius 2 is 0.913 bits per heavy atom. The Balaban J connectivity index is 2.11. The molecule has 4 rings (SSSR count). The summed E-state index contributed by atoms with van der Waals surface area (Å²) < 4.78 is 0. The summed E-state index contributed by atoms with van der Waals surface area (Å²) in [4.78, 5) is 9.31. The molecule has 0 saturated carbocycles. The molecule has 0 aliphatic heterocycles. The van der Waals surface area contributed by atoms with Crippen LogP contribution >= 0.6 is 0 Å². The van der Waals surface area contributed by atoms with Crippen molar-refractivity contribution in [3.8, 4) is 0 Å². The molecule has 2 nitrogen and oxygen atoms in total. The van der Waals surface area contributed by atoms with Crippen LogP contribution in [0.3, 0.4) is 0 Å². The van der Waals surface area contributed by atoms with Gasteiger partial charge in [-0.2, -0.15) is 12.4 Å². The maximum Gasteiger partial charge on any atom is 0.0299 e. The Morgan fingerprint density at radius 3 is 1.26 bits per heavy atom. The molecule has 2 heteroatoms. The van der Waals surface area contributed by atoms with Crippen LogP contribution in [-0.4, -0.2) is 0 Å². The fourth-order valence-corrected chi connectivity index (χ4v) is 3.31. The molecule has 0 fully saturated rings. The Morgan fingerprint density at radius 1 is 0.478 bits per heavy atom. The molecule has 2 aromatic carbocycles. The van der Waals surface area contributed by atoms with Crippen molar-refractivity contribution in [1.29, 1.82) is 0 Å². The third-order valence-corrected chi connectivity index (χ3v) is 4.29. The van der Waals surface area contributed by atoms with Crippen molar-refractivity contribution in [2.24, 2.45) is 0 Å². The Kier molecular flexibility index (Phi) is 3.35. The molecule has 0 N–H and O–H groups in total. The highest BCUT2D eigenvalue weighted by atomic mass is 14.8. The van der Waals surface area contributed by atoms with Gasteiger partial charge in [-0.1, -0.05) is 84.9 Å². The second-order valence-corrected chi connectivity index (χ2v) is 5.53. The van der Waals surface area contributed by atoms with Crippen LogP contribution in [0.25, 0.3) is 0 Å². The molecule has 0 saturated heterocycles. The summed E-state index contributed by atoms with van der Waals surface area (Å²) in [6.45, 7) is 0. The van der Waals surface area contributed by atoms with E-state index in [0.717, 1.165) is 11.4 Å². The molecule has 0 aliphatic rings. The summed E-state index contributed by atoms with van der Waals surface area (Å²) in [5.74, 6) is 0. The summed E-state index contributed by atoms with van der Waals surface area (Å²) in [6, 6.07) is 29.1. The second kappa shape index (κ2) is 5.65. The quantitative estimate of drug-likeness (QED) is 0.570. The number of rotatable bonds is 4. The third kappa shape index (κ3) is 2.11. The Labute approximate surface area is 135 Å². The van der Waals surface area contributed by atoms with Crippen molar-refractivity contribution < 1.29 is 0 Å². The fourth-order valence-electron chi connectivity index (χ4n) is 3.31. The molecule has 0 unspecified atom stereocenters. The van der Waals surface area contributed by atoms with Gasteiger partial charge in [0, 0.05) is 5.41 Å². The zero-order chi connectivity index (χ0) is 15.5. The summed E-state index contributed by atoms with van der Waals surface area (Å²) >= 11 is 0. The van der Waals surface area contributed by atoms with E-state index in [-0.39, 0.29) is 0 Å². The van der Waals surface area contributed by atoms with Crippen molar-refractivity contribution >= 4 is 0 Å². The SMILES string of the molecule is c1ccc(C(c2ccccc2)(c2ccc[n-]2)c2ccc[n-]2)cc1.